The molecule has 12 aromatic rings. The first-order valence-electron chi connectivity index (χ1n) is 21.9. The summed E-state index contributed by atoms with van der Waals surface area (Å²) in [7, 11) is 0. The first-order valence-corrected chi connectivity index (χ1v) is 21.9. The van der Waals surface area contributed by atoms with Gasteiger partial charge in [-0.3, -0.25) is 0 Å². The summed E-state index contributed by atoms with van der Waals surface area (Å²) in [5, 5.41) is 6.97. The highest BCUT2D eigenvalue weighted by Gasteiger charge is 2.20. The summed E-state index contributed by atoms with van der Waals surface area (Å²) in [4.78, 5) is 2.37. The lowest BCUT2D eigenvalue weighted by Gasteiger charge is -2.27. The van der Waals surface area contributed by atoms with Crippen LogP contribution in [0.3, 0.4) is 0 Å². The van der Waals surface area contributed by atoms with Crippen LogP contribution in [0, 0.1) is 0 Å². The van der Waals surface area contributed by atoms with Crippen molar-refractivity contribution < 1.29 is 4.42 Å². The molecule has 0 fully saturated rings. The van der Waals surface area contributed by atoms with Gasteiger partial charge in [0.05, 0.1) is 0 Å². The van der Waals surface area contributed by atoms with Gasteiger partial charge in [0.2, 0.25) is 0 Å². The largest absolute Gasteiger partial charge is 0.455 e. The molecule has 64 heavy (non-hydrogen) atoms. The summed E-state index contributed by atoms with van der Waals surface area (Å²) in [6.07, 6.45) is 0. The van der Waals surface area contributed by atoms with Crippen molar-refractivity contribution in [2.24, 2.45) is 0 Å². The third-order valence-corrected chi connectivity index (χ3v) is 12.7. The highest BCUT2D eigenvalue weighted by molar-refractivity contribution is 6.23. The lowest BCUT2D eigenvalue weighted by molar-refractivity contribution is 0.673. The summed E-state index contributed by atoms with van der Waals surface area (Å²) in [6, 6.07) is 89.5. The van der Waals surface area contributed by atoms with Gasteiger partial charge in [-0.2, -0.15) is 0 Å². The molecule has 0 radical (unpaired) electrons. The molecule has 1 aromatic heterocycles. The zero-order chi connectivity index (χ0) is 42.4. The SMILES string of the molecule is c1ccc(-c2ccc(-c3ccc(N(c4cccc(-c5ccccc5)c4)c4cccc(-c5cccc6oc7c8ccccc8c(-c8cccc9ccccc89)cc7c56)c4)cc3)cc2)cc1. The van der Waals surface area contributed by atoms with E-state index in [1.54, 1.807) is 0 Å². The van der Waals surface area contributed by atoms with E-state index >= 15 is 0 Å². The molecule has 0 bridgehead atoms. The Labute approximate surface area is 372 Å². The molecule has 0 aliphatic carbocycles. The molecule has 2 heteroatoms. The van der Waals surface area contributed by atoms with E-state index in [0.29, 0.717) is 0 Å². The highest BCUT2D eigenvalue weighted by atomic mass is 16.3. The number of hydrogen-bond donors (Lipinski definition) is 0. The zero-order valence-corrected chi connectivity index (χ0v) is 35.0. The van der Waals surface area contributed by atoms with E-state index in [1.807, 2.05) is 0 Å². The van der Waals surface area contributed by atoms with Crippen LogP contribution >= 0.6 is 0 Å². The van der Waals surface area contributed by atoms with Crippen molar-refractivity contribution in [1.82, 2.24) is 0 Å². The van der Waals surface area contributed by atoms with Gasteiger partial charge >= 0.3 is 0 Å². The number of fused-ring (bicyclic) bond motifs is 6. The van der Waals surface area contributed by atoms with Crippen LogP contribution in [0.25, 0.3) is 99.1 Å². The average molecular weight is 816 g/mol. The molecule has 0 spiro atoms. The molecule has 0 N–H and O–H groups in total. The summed E-state index contributed by atoms with van der Waals surface area (Å²) < 4.78 is 6.84. The Morgan fingerprint density at radius 1 is 0.266 bits per heavy atom. The Bertz CT molecular complexity index is 3640. The normalized spacial score (nSPS) is 11.4. The fourth-order valence-corrected chi connectivity index (χ4v) is 9.58. The Balaban J connectivity index is 0.999. The standard InChI is InChI=1S/C62H41NO/c1-3-15-42(16-4-1)44-31-33-45(34-32-44)46-35-37-50(38-36-46)63(51-23-11-21-48(39-51)43-17-5-2-6-18-43)52-24-12-22-49(40-52)54-28-14-30-60-61(54)59-41-58(56-26-9-10-27-57(56)62(59)64-60)55-29-13-20-47-19-7-8-25-53(47)55/h1-41H. The van der Waals surface area contributed by atoms with Crippen LogP contribution in [0.2, 0.25) is 0 Å². The molecule has 0 unspecified atom stereocenters. The maximum atomic E-state index is 6.84. The number of furan rings is 1. The van der Waals surface area contributed by atoms with E-state index in [0.717, 1.165) is 55.5 Å². The second-order valence-corrected chi connectivity index (χ2v) is 16.4. The minimum Gasteiger partial charge on any atom is -0.455 e. The van der Waals surface area contributed by atoms with Crippen LogP contribution < -0.4 is 4.90 Å². The maximum absolute atomic E-state index is 6.84. The van der Waals surface area contributed by atoms with Crippen molar-refractivity contribution >= 4 is 60.5 Å². The molecular weight excluding hydrogens is 775 g/mol. The quantitative estimate of drug-likeness (QED) is 0.152. The fraction of sp³-hybridized carbons (Fsp3) is 0. The van der Waals surface area contributed by atoms with E-state index in [2.05, 4.69) is 254 Å². The van der Waals surface area contributed by atoms with E-state index in [4.69, 9.17) is 4.42 Å². The molecule has 300 valence electrons. The summed E-state index contributed by atoms with van der Waals surface area (Å²) >= 11 is 0. The smallest absolute Gasteiger partial charge is 0.143 e. The summed E-state index contributed by atoms with van der Waals surface area (Å²) in [6.45, 7) is 0. The van der Waals surface area contributed by atoms with Gasteiger partial charge in [0.1, 0.15) is 11.2 Å². The first kappa shape index (κ1) is 37.3. The van der Waals surface area contributed by atoms with E-state index < -0.39 is 0 Å². The molecule has 12 rings (SSSR count). The first-order chi connectivity index (χ1) is 31.7. The van der Waals surface area contributed by atoms with Crippen molar-refractivity contribution in [3.63, 3.8) is 0 Å². The molecule has 0 atom stereocenters. The highest BCUT2D eigenvalue weighted by Crippen LogP contribution is 2.46. The Kier molecular flexibility index (Phi) is 9.20. The van der Waals surface area contributed by atoms with Gasteiger partial charge in [-0.1, -0.05) is 200 Å². The maximum Gasteiger partial charge on any atom is 0.143 e. The molecule has 11 aromatic carbocycles. The van der Waals surface area contributed by atoms with Gasteiger partial charge in [-0.25, -0.2) is 0 Å². The molecule has 0 saturated heterocycles. The number of rotatable bonds is 8. The molecule has 0 saturated carbocycles. The molecule has 0 amide bonds. The Hall–Kier alpha value is -8.46. The van der Waals surface area contributed by atoms with Crippen LogP contribution in [-0.2, 0) is 0 Å². The molecule has 1 heterocycles. The van der Waals surface area contributed by atoms with E-state index in [1.165, 1.54) is 60.7 Å². The molecule has 2 nitrogen and oxygen atoms in total. The minimum atomic E-state index is 0.873. The van der Waals surface area contributed by atoms with Crippen molar-refractivity contribution in [3.8, 4) is 55.6 Å². The Morgan fingerprint density at radius 2 is 0.750 bits per heavy atom. The monoisotopic (exact) mass is 815 g/mol. The van der Waals surface area contributed by atoms with Gasteiger partial charge in [-0.05, 0) is 120 Å². The van der Waals surface area contributed by atoms with Crippen molar-refractivity contribution in [2.75, 3.05) is 4.90 Å². The van der Waals surface area contributed by atoms with E-state index in [9.17, 15) is 0 Å². The van der Waals surface area contributed by atoms with Crippen LogP contribution in [-0.4, -0.2) is 0 Å². The lowest BCUT2D eigenvalue weighted by Crippen LogP contribution is -2.10. The zero-order valence-electron chi connectivity index (χ0n) is 35.0. The van der Waals surface area contributed by atoms with Crippen molar-refractivity contribution in [3.05, 3.63) is 249 Å². The van der Waals surface area contributed by atoms with Crippen LogP contribution in [0.1, 0.15) is 0 Å². The van der Waals surface area contributed by atoms with Crippen LogP contribution in [0.5, 0.6) is 0 Å². The number of anilines is 3. The summed E-state index contributed by atoms with van der Waals surface area (Å²) in [5.41, 5.74) is 16.8. The van der Waals surface area contributed by atoms with Gasteiger partial charge in [0.15, 0.2) is 0 Å². The predicted molar refractivity (Wildman–Crippen MR) is 271 cm³/mol. The second kappa shape index (κ2) is 15.8. The third kappa shape index (κ3) is 6.61. The van der Waals surface area contributed by atoms with Crippen LogP contribution in [0.15, 0.2) is 253 Å². The third-order valence-electron chi connectivity index (χ3n) is 12.7. The van der Waals surface area contributed by atoms with Crippen molar-refractivity contribution in [2.45, 2.75) is 0 Å². The fourth-order valence-electron chi connectivity index (χ4n) is 9.58. The molecule has 0 aliphatic rings. The second-order valence-electron chi connectivity index (χ2n) is 16.4. The summed E-state index contributed by atoms with van der Waals surface area (Å²) in [5.74, 6) is 0. The topological polar surface area (TPSA) is 16.4 Å². The molecule has 0 aliphatic heterocycles. The van der Waals surface area contributed by atoms with E-state index in [-0.39, 0.29) is 0 Å². The van der Waals surface area contributed by atoms with Gasteiger partial charge in [-0.15, -0.1) is 0 Å². The van der Waals surface area contributed by atoms with Crippen LogP contribution in [0.4, 0.5) is 17.1 Å². The number of benzene rings is 11. The lowest BCUT2D eigenvalue weighted by atomic mass is 9.91. The van der Waals surface area contributed by atoms with Gasteiger partial charge in [0, 0.05) is 33.2 Å². The predicted octanol–water partition coefficient (Wildman–Crippen LogP) is 17.7. The minimum absolute atomic E-state index is 0.873. The number of hydrogen-bond acceptors (Lipinski definition) is 2. The van der Waals surface area contributed by atoms with Crippen molar-refractivity contribution in [1.29, 1.82) is 0 Å². The van der Waals surface area contributed by atoms with Gasteiger partial charge < -0.3 is 9.32 Å². The Morgan fingerprint density at radius 3 is 1.45 bits per heavy atom. The van der Waals surface area contributed by atoms with Gasteiger partial charge in [0.25, 0.3) is 0 Å². The number of nitrogens with zero attached hydrogens (tertiary/aromatic N) is 1. The molecular formula is C62H41NO. The average Bonchev–Trinajstić information content (AvgIpc) is 3.76.